The number of aromatic nitrogens is 4. The molecule has 290 valence electrons. The molecule has 0 aliphatic rings. The molecular weight excluding hydrogens is 753 g/mol. The van der Waals surface area contributed by atoms with Crippen molar-refractivity contribution in [2.75, 3.05) is 0 Å². The molecule has 0 fully saturated rings. The van der Waals surface area contributed by atoms with Crippen molar-refractivity contribution in [3.05, 3.63) is 231 Å². The third kappa shape index (κ3) is 6.08. The van der Waals surface area contributed by atoms with Gasteiger partial charge < -0.3 is 9.13 Å². The van der Waals surface area contributed by atoms with Gasteiger partial charge in [-0.2, -0.15) is 0 Å². The van der Waals surface area contributed by atoms with Crippen LogP contribution in [0.4, 0.5) is 0 Å². The monoisotopic (exact) mass is 790 g/mol. The van der Waals surface area contributed by atoms with Gasteiger partial charge in [0.1, 0.15) is 0 Å². The molecule has 0 aliphatic heterocycles. The lowest BCUT2D eigenvalue weighted by Gasteiger charge is -2.12. The molecule has 4 heteroatoms. The first-order valence-corrected chi connectivity index (χ1v) is 21.1. The number of hydrogen-bond donors (Lipinski definition) is 0. The molecule has 3 aromatic heterocycles. The summed E-state index contributed by atoms with van der Waals surface area (Å²) in [6, 6.07) is 82.2. The largest absolute Gasteiger partial charge is 0.309 e. The van der Waals surface area contributed by atoms with Crippen molar-refractivity contribution in [3.63, 3.8) is 0 Å². The number of fused-ring (bicyclic) bond motifs is 6. The van der Waals surface area contributed by atoms with Gasteiger partial charge >= 0.3 is 0 Å². The molecule has 0 spiro atoms. The zero-order valence-electron chi connectivity index (χ0n) is 33.7. The quantitative estimate of drug-likeness (QED) is 0.161. The SMILES string of the molecule is c1ccc(-c2cccc(-n3c4ccccc4c4ccc(-c5ccc6c(c5)c5ccccc5n6-c5ccc(-c6nc(-c7ccccc7)cc(-c7ccccc7)n6)cc5)cc43)c2)cc1. The van der Waals surface area contributed by atoms with Gasteiger partial charge in [0.05, 0.1) is 33.5 Å². The Bertz CT molecular complexity index is 3550. The summed E-state index contributed by atoms with van der Waals surface area (Å²) >= 11 is 0. The van der Waals surface area contributed by atoms with Crippen LogP contribution in [0.5, 0.6) is 0 Å². The van der Waals surface area contributed by atoms with Gasteiger partial charge in [0.2, 0.25) is 0 Å². The van der Waals surface area contributed by atoms with E-state index in [0.717, 1.165) is 50.5 Å². The molecule has 0 radical (unpaired) electrons. The molecule has 9 aromatic carbocycles. The molecule has 0 atom stereocenters. The normalized spacial score (nSPS) is 11.5. The fraction of sp³-hybridized carbons (Fsp3) is 0. The fourth-order valence-electron chi connectivity index (χ4n) is 9.16. The lowest BCUT2D eigenvalue weighted by Crippen LogP contribution is -1.97. The summed E-state index contributed by atoms with van der Waals surface area (Å²) in [4.78, 5) is 10.2. The van der Waals surface area contributed by atoms with Crippen LogP contribution in [0.15, 0.2) is 231 Å². The van der Waals surface area contributed by atoms with E-state index in [4.69, 9.17) is 9.97 Å². The van der Waals surface area contributed by atoms with E-state index in [0.29, 0.717) is 5.82 Å². The Balaban J connectivity index is 0.955. The highest BCUT2D eigenvalue weighted by Crippen LogP contribution is 2.39. The molecule has 3 heterocycles. The van der Waals surface area contributed by atoms with Gasteiger partial charge in [-0.05, 0) is 95.1 Å². The Morgan fingerprint density at radius 1 is 0.242 bits per heavy atom. The third-order valence-corrected chi connectivity index (χ3v) is 12.1. The minimum atomic E-state index is 0.698. The summed E-state index contributed by atoms with van der Waals surface area (Å²) in [6.45, 7) is 0. The number of benzene rings is 9. The van der Waals surface area contributed by atoms with Crippen molar-refractivity contribution >= 4 is 43.6 Å². The molecular formula is C58H38N4. The molecule has 0 saturated heterocycles. The number of para-hydroxylation sites is 2. The second-order valence-corrected chi connectivity index (χ2v) is 15.8. The van der Waals surface area contributed by atoms with Gasteiger partial charge in [0.25, 0.3) is 0 Å². The van der Waals surface area contributed by atoms with Crippen molar-refractivity contribution in [3.8, 4) is 67.5 Å². The zero-order chi connectivity index (χ0) is 41.0. The number of nitrogens with zero attached hydrogens (tertiary/aromatic N) is 4. The Morgan fingerprint density at radius 2 is 0.710 bits per heavy atom. The van der Waals surface area contributed by atoms with Crippen LogP contribution in [0.3, 0.4) is 0 Å². The van der Waals surface area contributed by atoms with Gasteiger partial charge in [-0.3, -0.25) is 0 Å². The van der Waals surface area contributed by atoms with Gasteiger partial charge in [0, 0.05) is 49.6 Å². The minimum Gasteiger partial charge on any atom is -0.309 e. The van der Waals surface area contributed by atoms with Gasteiger partial charge in [-0.15, -0.1) is 0 Å². The lowest BCUT2D eigenvalue weighted by atomic mass is 10.0. The van der Waals surface area contributed by atoms with E-state index in [9.17, 15) is 0 Å². The Hall–Kier alpha value is -8.34. The van der Waals surface area contributed by atoms with Gasteiger partial charge in [-0.1, -0.05) is 158 Å². The molecule has 0 bridgehead atoms. The molecule has 0 unspecified atom stereocenters. The van der Waals surface area contributed by atoms with Crippen LogP contribution >= 0.6 is 0 Å². The van der Waals surface area contributed by atoms with Crippen LogP contribution in [0.1, 0.15) is 0 Å². The Morgan fingerprint density at radius 3 is 1.37 bits per heavy atom. The van der Waals surface area contributed by atoms with E-state index >= 15 is 0 Å². The molecule has 0 saturated carbocycles. The predicted octanol–water partition coefficient (Wildman–Crippen LogP) is 15.0. The molecule has 0 N–H and O–H groups in total. The van der Waals surface area contributed by atoms with Crippen LogP contribution in [0.2, 0.25) is 0 Å². The third-order valence-electron chi connectivity index (χ3n) is 12.1. The number of rotatable bonds is 7. The molecule has 12 aromatic rings. The van der Waals surface area contributed by atoms with Crippen molar-refractivity contribution in [2.45, 2.75) is 0 Å². The van der Waals surface area contributed by atoms with Crippen LogP contribution in [0.25, 0.3) is 111 Å². The van der Waals surface area contributed by atoms with Crippen LogP contribution in [-0.4, -0.2) is 19.1 Å². The smallest absolute Gasteiger partial charge is 0.160 e. The Labute approximate surface area is 359 Å². The van der Waals surface area contributed by atoms with Crippen LogP contribution in [0, 0.1) is 0 Å². The summed E-state index contributed by atoms with van der Waals surface area (Å²) in [7, 11) is 0. The van der Waals surface area contributed by atoms with Crippen LogP contribution < -0.4 is 0 Å². The summed E-state index contributed by atoms with van der Waals surface area (Å²) < 4.78 is 4.79. The van der Waals surface area contributed by atoms with Crippen molar-refractivity contribution in [1.29, 1.82) is 0 Å². The van der Waals surface area contributed by atoms with Crippen molar-refractivity contribution in [2.24, 2.45) is 0 Å². The first-order valence-electron chi connectivity index (χ1n) is 21.1. The van der Waals surface area contributed by atoms with E-state index in [1.165, 1.54) is 54.8 Å². The van der Waals surface area contributed by atoms with Crippen molar-refractivity contribution < 1.29 is 0 Å². The maximum absolute atomic E-state index is 5.08. The maximum Gasteiger partial charge on any atom is 0.160 e. The lowest BCUT2D eigenvalue weighted by molar-refractivity contribution is 1.16. The minimum absolute atomic E-state index is 0.698. The van der Waals surface area contributed by atoms with Crippen LogP contribution in [-0.2, 0) is 0 Å². The average molecular weight is 791 g/mol. The fourth-order valence-corrected chi connectivity index (χ4v) is 9.16. The van der Waals surface area contributed by atoms with E-state index in [2.05, 4.69) is 228 Å². The molecule has 0 amide bonds. The molecule has 62 heavy (non-hydrogen) atoms. The first kappa shape index (κ1) is 35.6. The molecule has 4 nitrogen and oxygen atoms in total. The van der Waals surface area contributed by atoms with E-state index in [1.807, 2.05) is 12.1 Å². The number of hydrogen-bond acceptors (Lipinski definition) is 2. The molecule has 12 rings (SSSR count). The highest BCUT2D eigenvalue weighted by Gasteiger charge is 2.17. The highest BCUT2D eigenvalue weighted by atomic mass is 15.0. The predicted molar refractivity (Wildman–Crippen MR) is 258 cm³/mol. The van der Waals surface area contributed by atoms with Gasteiger partial charge in [0.15, 0.2) is 5.82 Å². The highest BCUT2D eigenvalue weighted by molar-refractivity contribution is 6.12. The van der Waals surface area contributed by atoms with E-state index < -0.39 is 0 Å². The summed E-state index contributed by atoms with van der Waals surface area (Å²) in [6.07, 6.45) is 0. The van der Waals surface area contributed by atoms with E-state index in [1.54, 1.807) is 0 Å². The van der Waals surface area contributed by atoms with E-state index in [-0.39, 0.29) is 0 Å². The second kappa shape index (κ2) is 14.7. The summed E-state index contributed by atoms with van der Waals surface area (Å²) in [5.74, 6) is 0.698. The summed E-state index contributed by atoms with van der Waals surface area (Å²) in [5, 5.41) is 4.91. The second-order valence-electron chi connectivity index (χ2n) is 15.8. The Kier molecular flexibility index (Phi) is 8.46. The topological polar surface area (TPSA) is 35.6 Å². The molecule has 0 aliphatic carbocycles. The standard InChI is InChI=1S/C58H38N4/c1-4-15-39(16-5-1)43-21-14-22-47(35-43)62-54-25-12-10-23-48(54)50-33-29-45(37-57(50)62)44-30-34-56-51(36-44)49-24-11-13-26-55(49)61(56)46-31-27-42(28-32-46)58-59-52(40-17-6-2-7-18-40)38-53(60-58)41-19-8-3-9-20-41/h1-38H. The first-order chi connectivity index (χ1) is 30.7. The van der Waals surface area contributed by atoms with Gasteiger partial charge in [-0.25, -0.2) is 9.97 Å². The average Bonchev–Trinajstić information content (AvgIpc) is 3.87. The zero-order valence-corrected chi connectivity index (χ0v) is 33.7. The maximum atomic E-state index is 5.08. The summed E-state index contributed by atoms with van der Waals surface area (Å²) in [5.41, 5.74) is 16.6. The van der Waals surface area contributed by atoms with Crippen molar-refractivity contribution in [1.82, 2.24) is 19.1 Å².